The molecule has 0 spiro atoms. The van der Waals surface area contributed by atoms with E-state index in [0.29, 0.717) is 30.5 Å². The van der Waals surface area contributed by atoms with E-state index in [1.54, 1.807) is 11.6 Å². The van der Waals surface area contributed by atoms with Crippen LogP contribution in [0.4, 0.5) is 0 Å². The average molecular weight is 276 g/mol. The second kappa shape index (κ2) is 5.07. The molecule has 1 fully saturated rings. The summed E-state index contributed by atoms with van der Waals surface area (Å²) in [6, 6.07) is 1.85. The van der Waals surface area contributed by atoms with Crippen LogP contribution in [-0.4, -0.2) is 32.7 Å². The molecule has 0 amide bonds. The Balaban J connectivity index is 1.89. The van der Waals surface area contributed by atoms with Gasteiger partial charge >= 0.3 is 5.97 Å². The van der Waals surface area contributed by atoms with Gasteiger partial charge in [-0.1, -0.05) is 10.4 Å². The van der Waals surface area contributed by atoms with Crippen LogP contribution in [0.5, 0.6) is 0 Å². The van der Waals surface area contributed by atoms with Gasteiger partial charge < -0.3 is 9.26 Å². The van der Waals surface area contributed by atoms with E-state index in [2.05, 4.69) is 15.5 Å². The highest BCUT2D eigenvalue weighted by atomic mass is 16.5. The Bertz CT molecular complexity index is 627. The Morgan fingerprint density at radius 2 is 2.35 bits per heavy atom. The summed E-state index contributed by atoms with van der Waals surface area (Å²) in [6.45, 7) is 4.40. The zero-order valence-corrected chi connectivity index (χ0v) is 11.5. The van der Waals surface area contributed by atoms with Gasteiger partial charge in [0.15, 0.2) is 11.5 Å². The second-order valence-corrected chi connectivity index (χ2v) is 4.91. The molecule has 0 saturated heterocycles. The number of aromatic nitrogens is 4. The number of ether oxygens (including phenoxy) is 1. The molecule has 0 unspecified atom stereocenters. The summed E-state index contributed by atoms with van der Waals surface area (Å²) in [5.41, 5.74) is 1.99. The van der Waals surface area contributed by atoms with Crippen molar-refractivity contribution in [3.8, 4) is 0 Å². The lowest BCUT2D eigenvalue weighted by Crippen LogP contribution is -2.10. The maximum Gasteiger partial charge on any atom is 0.360 e. The molecule has 0 atom stereocenters. The zero-order valence-electron chi connectivity index (χ0n) is 11.5. The highest BCUT2D eigenvalue weighted by Crippen LogP contribution is 2.41. The first kappa shape index (κ1) is 12.8. The summed E-state index contributed by atoms with van der Waals surface area (Å²) < 4.78 is 11.9. The van der Waals surface area contributed by atoms with Crippen molar-refractivity contribution in [2.75, 3.05) is 6.61 Å². The first-order chi connectivity index (χ1) is 9.69. The van der Waals surface area contributed by atoms with Crippen molar-refractivity contribution in [1.82, 2.24) is 20.2 Å². The molecule has 2 aromatic heterocycles. The average Bonchev–Trinajstić information content (AvgIpc) is 3.05. The van der Waals surface area contributed by atoms with E-state index in [9.17, 15) is 4.79 Å². The molecule has 7 heteroatoms. The fourth-order valence-corrected chi connectivity index (χ4v) is 2.18. The summed E-state index contributed by atoms with van der Waals surface area (Å²) in [5, 5.41) is 11.9. The first-order valence-electron chi connectivity index (χ1n) is 6.71. The molecular weight excluding hydrogens is 260 g/mol. The minimum absolute atomic E-state index is 0.325. The number of hydrogen-bond acceptors (Lipinski definition) is 6. The van der Waals surface area contributed by atoms with Crippen LogP contribution in [0.25, 0.3) is 0 Å². The normalized spacial score (nSPS) is 14.5. The Hall–Kier alpha value is -2.18. The van der Waals surface area contributed by atoms with E-state index in [1.165, 1.54) is 0 Å². The van der Waals surface area contributed by atoms with E-state index in [0.717, 1.165) is 24.2 Å². The van der Waals surface area contributed by atoms with Crippen molar-refractivity contribution in [2.24, 2.45) is 0 Å². The molecule has 0 N–H and O–H groups in total. The fourth-order valence-electron chi connectivity index (χ4n) is 2.18. The number of carbonyl (C=O) groups is 1. The number of nitrogens with zero attached hydrogens (tertiary/aromatic N) is 4. The van der Waals surface area contributed by atoms with E-state index in [-0.39, 0.29) is 0 Å². The van der Waals surface area contributed by atoms with E-state index < -0.39 is 5.97 Å². The van der Waals surface area contributed by atoms with Crippen LogP contribution in [0.1, 0.15) is 53.3 Å². The van der Waals surface area contributed by atoms with Crippen molar-refractivity contribution in [3.05, 3.63) is 28.9 Å². The van der Waals surface area contributed by atoms with Crippen molar-refractivity contribution in [3.63, 3.8) is 0 Å². The molecule has 2 aromatic rings. The molecule has 2 heterocycles. The summed E-state index contributed by atoms with van der Waals surface area (Å²) in [7, 11) is 0. The smallest absolute Gasteiger partial charge is 0.360 e. The van der Waals surface area contributed by atoms with Crippen LogP contribution < -0.4 is 0 Å². The van der Waals surface area contributed by atoms with Gasteiger partial charge in [0, 0.05) is 12.0 Å². The number of rotatable bonds is 5. The third-order valence-corrected chi connectivity index (χ3v) is 3.19. The Morgan fingerprint density at radius 1 is 1.55 bits per heavy atom. The summed E-state index contributed by atoms with van der Waals surface area (Å²) in [6.07, 6.45) is 2.10. The molecule has 1 aliphatic rings. The van der Waals surface area contributed by atoms with E-state index in [1.807, 2.05) is 13.0 Å². The van der Waals surface area contributed by atoms with Gasteiger partial charge in [0.05, 0.1) is 18.0 Å². The van der Waals surface area contributed by atoms with Gasteiger partial charge in [-0.2, -0.15) is 0 Å². The molecule has 1 saturated carbocycles. The van der Waals surface area contributed by atoms with Crippen LogP contribution in [0, 0.1) is 6.92 Å². The van der Waals surface area contributed by atoms with Crippen molar-refractivity contribution < 1.29 is 14.1 Å². The quantitative estimate of drug-likeness (QED) is 0.772. The predicted molar refractivity (Wildman–Crippen MR) is 68.3 cm³/mol. The Morgan fingerprint density at radius 3 is 2.95 bits per heavy atom. The topological polar surface area (TPSA) is 83.0 Å². The number of hydrogen-bond donors (Lipinski definition) is 0. The van der Waals surface area contributed by atoms with Crippen LogP contribution in [0.2, 0.25) is 0 Å². The Labute approximate surface area is 115 Å². The SMILES string of the molecule is CCOC(=O)c1nnn(Cc2cc(C)no2)c1C1CC1. The zero-order chi connectivity index (χ0) is 14.1. The first-order valence-corrected chi connectivity index (χ1v) is 6.71. The Kier molecular flexibility index (Phi) is 3.25. The van der Waals surface area contributed by atoms with Crippen LogP contribution in [0.15, 0.2) is 10.6 Å². The van der Waals surface area contributed by atoms with Gasteiger partial charge in [0.25, 0.3) is 0 Å². The lowest BCUT2D eigenvalue weighted by atomic mass is 10.2. The standard InChI is InChI=1S/C13H16N4O3/c1-3-19-13(18)11-12(9-4-5-9)17(16-14-11)7-10-6-8(2)15-20-10/h6,9H,3-5,7H2,1-2H3. The number of aryl methyl sites for hydroxylation is 1. The highest BCUT2D eigenvalue weighted by Gasteiger charge is 2.34. The fraction of sp³-hybridized carbons (Fsp3) is 0.538. The maximum atomic E-state index is 11.9. The molecule has 20 heavy (non-hydrogen) atoms. The van der Waals surface area contributed by atoms with Crippen LogP contribution in [0.3, 0.4) is 0 Å². The van der Waals surface area contributed by atoms with Gasteiger partial charge in [0.1, 0.15) is 6.54 Å². The minimum Gasteiger partial charge on any atom is -0.461 e. The molecule has 1 aliphatic carbocycles. The number of esters is 1. The maximum absolute atomic E-state index is 11.9. The van der Waals surface area contributed by atoms with E-state index in [4.69, 9.17) is 9.26 Å². The molecule has 0 aromatic carbocycles. The summed E-state index contributed by atoms with van der Waals surface area (Å²) >= 11 is 0. The molecule has 7 nitrogen and oxygen atoms in total. The third-order valence-electron chi connectivity index (χ3n) is 3.19. The largest absolute Gasteiger partial charge is 0.461 e. The highest BCUT2D eigenvalue weighted by molar-refractivity contribution is 5.88. The summed E-state index contributed by atoms with van der Waals surface area (Å²) in [5.74, 6) is 0.632. The third kappa shape index (κ3) is 2.43. The van der Waals surface area contributed by atoms with Gasteiger partial charge in [-0.15, -0.1) is 5.10 Å². The van der Waals surface area contributed by atoms with Crippen LogP contribution in [-0.2, 0) is 11.3 Å². The van der Waals surface area contributed by atoms with Gasteiger partial charge in [-0.3, -0.25) is 0 Å². The second-order valence-electron chi connectivity index (χ2n) is 4.91. The number of carbonyl (C=O) groups excluding carboxylic acids is 1. The molecular formula is C13H16N4O3. The van der Waals surface area contributed by atoms with Crippen molar-refractivity contribution in [2.45, 2.75) is 39.2 Å². The van der Waals surface area contributed by atoms with Crippen LogP contribution >= 0.6 is 0 Å². The monoisotopic (exact) mass is 276 g/mol. The van der Waals surface area contributed by atoms with Gasteiger partial charge in [0.2, 0.25) is 0 Å². The molecule has 3 rings (SSSR count). The molecule has 0 bridgehead atoms. The lowest BCUT2D eigenvalue weighted by molar-refractivity contribution is 0.0518. The van der Waals surface area contributed by atoms with Crippen molar-refractivity contribution in [1.29, 1.82) is 0 Å². The molecule has 0 aliphatic heterocycles. The van der Waals surface area contributed by atoms with Crippen molar-refractivity contribution >= 4 is 5.97 Å². The van der Waals surface area contributed by atoms with Gasteiger partial charge in [-0.25, -0.2) is 9.48 Å². The molecule has 0 radical (unpaired) electrons. The minimum atomic E-state index is -0.408. The predicted octanol–water partition coefficient (Wildman–Crippen LogP) is 1.68. The lowest BCUT2D eigenvalue weighted by Gasteiger charge is -2.04. The van der Waals surface area contributed by atoms with E-state index >= 15 is 0 Å². The van der Waals surface area contributed by atoms with Gasteiger partial charge in [-0.05, 0) is 26.7 Å². The molecule has 106 valence electrons. The summed E-state index contributed by atoms with van der Waals surface area (Å²) in [4.78, 5) is 11.9.